The third-order valence-electron chi connectivity index (χ3n) is 5.34. The van der Waals surface area contributed by atoms with Crippen molar-refractivity contribution in [3.05, 3.63) is 71.8 Å². The van der Waals surface area contributed by atoms with Gasteiger partial charge in [0.2, 0.25) is 0 Å². The second-order valence-corrected chi connectivity index (χ2v) is 7.32. The molecule has 0 spiro atoms. The second kappa shape index (κ2) is 7.88. The average Bonchev–Trinajstić information content (AvgIpc) is 3.42. The summed E-state index contributed by atoms with van der Waals surface area (Å²) in [4.78, 5) is 16.7. The van der Waals surface area contributed by atoms with Crippen molar-refractivity contribution >= 4 is 16.9 Å². The molecule has 5 rings (SSSR count). The van der Waals surface area contributed by atoms with E-state index in [-0.39, 0.29) is 5.91 Å². The van der Waals surface area contributed by atoms with Crippen molar-refractivity contribution in [2.24, 2.45) is 0 Å². The first-order valence-electron chi connectivity index (χ1n) is 9.81. The van der Waals surface area contributed by atoms with Gasteiger partial charge in [-0.3, -0.25) is 9.69 Å². The van der Waals surface area contributed by atoms with Crippen LogP contribution in [0.1, 0.15) is 16.4 Å². The summed E-state index contributed by atoms with van der Waals surface area (Å²) in [6, 6.07) is 12.8. The zero-order valence-corrected chi connectivity index (χ0v) is 16.4. The van der Waals surface area contributed by atoms with Gasteiger partial charge in [0.15, 0.2) is 23.2 Å². The highest BCUT2D eigenvalue weighted by atomic mass is 19.2. The van der Waals surface area contributed by atoms with E-state index in [1.165, 1.54) is 10.7 Å². The minimum absolute atomic E-state index is 0.137. The van der Waals surface area contributed by atoms with E-state index >= 15 is 0 Å². The minimum Gasteiger partial charge on any atom is -0.451 e. The molecule has 3 heterocycles. The Bertz CT molecular complexity index is 1210. The molecule has 1 fully saturated rings. The van der Waals surface area contributed by atoms with E-state index in [2.05, 4.69) is 20.4 Å². The van der Waals surface area contributed by atoms with Crippen LogP contribution in [0.5, 0.6) is 0 Å². The lowest BCUT2D eigenvalue weighted by Gasteiger charge is -2.33. The summed E-state index contributed by atoms with van der Waals surface area (Å²) in [7, 11) is 0. The van der Waals surface area contributed by atoms with Crippen LogP contribution >= 0.6 is 0 Å². The number of benzene rings is 2. The van der Waals surface area contributed by atoms with Crippen LogP contribution in [0.4, 0.5) is 8.78 Å². The van der Waals surface area contributed by atoms with E-state index < -0.39 is 11.6 Å². The molecule has 1 saturated heterocycles. The number of piperazine rings is 1. The summed E-state index contributed by atoms with van der Waals surface area (Å²) in [5.41, 5.74) is 1.03. The number of para-hydroxylation sites is 1. The molecule has 1 amide bonds. The summed E-state index contributed by atoms with van der Waals surface area (Å²) in [5.74, 6) is -1.19. The van der Waals surface area contributed by atoms with Gasteiger partial charge in [0, 0.05) is 37.6 Å². The molecule has 4 aromatic rings. The minimum atomic E-state index is -0.961. The van der Waals surface area contributed by atoms with E-state index in [1.54, 1.807) is 11.0 Å². The van der Waals surface area contributed by atoms with Crippen molar-refractivity contribution in [3.63, 3.8) is 0 Å². The highest BCUT2D eigenvalue weighted by Crippen LogP contribution is 2.21. The van der Waals surface area contributed by atoms with Crippen LogP contribution in [-0.2, 0) is 6.54 Å². The maximum absolute atomic E-state index is 13.6. The Balaban J connectivity index is 1.24. The number of aromatic nitrogens is 4. The SMILES string of the molecule is O=C(c1cc2ccccc2o1)N1CCN(Cc2nnnn2-c2ccc(F)c(F)c2)CC1. The number of rotatable bonds is 4. The predicted molar refractivity (Wildman–Crippen MR) is 106 cm³/mol. The molecule has 158 valence electrons. The van der Waals surface area contributed by atoms with Crippen molar-refractivity contribution < 1.29 is 18.0 Å². The first-order chi connectivity index (χ1) is 15.1. The van der Waals surface area contributed by atoms with Crippen molar-refractivity contribution in [3.8, 4) is 5.69 Å². The first-order valence-corrected chi connectivity index (χ1v) is 9.81. The van der Waals surface area contributed by atoms with Gasteiger partial charge in [0.25, 0.3) is 5.91 Å². The molecule has 0 unspecified atom stereocenters. The van der Waals surface area contributed by atoms with Crippen LogP contribution in [-0.4, -0.2) is 62.1 Å². The fourth-order valence-electron chi connectivity index (χ4n) is 3.67. The molecule has 1 aliphatic rings. The van der Waals surface area contributed by atoms with Crippen LogP contribution in [0.3, 0.4) is 0 Å². The van der Waals surface area contributed by atoms with Crippen LogP contribution in [0.2, 0.25) is 0 Å². The number of hydrogen-bond donors (Lipinski definition) is 0. The van der Waals surface area contributed by atoms with Gasteiger partial charge in [-0.05, 0) is 34.7 Å². The zero-order chi connectivity index (χ0) is 21.4. The fraction of sp³-hybridized carbons (Fsp3) is 0.238. The van der Waals surface area contributed by atoms with Crippen LogP contribution in [0.25, 0.3) is 16.7 Å². The molecule has 0 atom stereocenters. The number of amides is 1. The van der Waals surface area contributed by atoms with E-state index in [4.69, 9.17) is 4.42 Å². The molecule has 1 aliphatic heterocycles. The van der Waals surface area contributed by atoms with E-state index in [0.29, 0.717) is 55.6 Å². The molecule has 2 aromatic heterocycles. The zero-order valence-electron chi connectivity index (χ0n) is 16.4. The lowest BCUT2D eigenvalue weighted by atomic mass is 10.2. The molecule has 0 aliphatic carbocycles. The normalized spacial score (nSPS) is 15.0. The summed E-state index contributed by atoms with van der Waals surface area (Å²) in [6.45, 7) is 2.72. The van der Waals surface area contributed by atoms with Gasteiger partial charge in [0.05, 0.1) is 12.2 Å². The highest BCUT2D eigenvalue weighted by Gasteiger charge is 2.25. The Hall–Kier alpha value is -3.66. The summed E-state index contributed by atoms with van der Waals surface area (Å²) in [6.07, 6.45) is 0. The third-order valence-corrected chi connectivity index (χ3v) is 5.34. The molecule has 0 saturated carbocycles. The molecule has 0 N–H and O–H groups in total. The van der Waals surface area contributed by atoms with Gasteiger partial charge in [-0.2, -0.15) is 4.68 Å². The summed E-state index contributed by atoms with van der Waals surface area (Å²) >= 11 is 0. The van der Waals surface area contributed by atoms with Crippen molar-refractivity contribution in [2.75, 3.05) is 26.2 Å². The van der Waals surface area contributed by atoms with Crippen LogP contribution in [0, 0.1) is 11.6 Å². The number of tetrazole rings is 1. The van der Waals surface area contributed by atoms with Gasteiger partial charge >= 0.3 is 0 Å². The van der Waals surface area contributed by atoms with Crippen molar-refractivity contribution in [1.29, 1.82) is 0 Å². The van der Waals surface area contributed by atoms with Crippen molar-refractivity contribution in [2.45, 2.75) is 6.54 Å². The quantitative estimate of drug-likeness (QED) is 0.501. The molecule has 31 heavy (non-hydrogen) atoms. The predicted octanol–water partition coefficient (Wildman–Crippen LogP) is 2.64. The van der Waals surface area contributed by atoms with Gasteiger partial charge in [0.1, 0.15) is 5.58 Å². The van der Waals surface area contributed by atoms with Crippen molar-refractivity contribution in [1.82, 2.24) is 30.0 Å². The molecule has 10 heteroatoms. The Labute approximate surface area is 175 Å². The van der Waals surface area contributed by atoms with E-state index in [0.717, 1.165) is 17.5 Å². The van der Waals surface area contributed by atoms with Gasteiger partial charge in [-0.1, -0.05) is 18.2 Å². The molecular weight excluding hydrogens is 406 g/mol. The molecular formula is C21H18F2N6O2. The maximum atomic E-state index is 13.6. The Morgan fingerprint density at radius 2 is 1.81 bits per heavy atom. The Kier molecular flexibility index (Phi) is 4.91. The van der Waals surface area contributed by atoms with E-state index in [9.17, 15) is 13.6 Å². The number of furan rings is 1. The number of carbonyl (C=O) groups excluding carboxylic acids is 1. The molecule has 8 nitrogen and oxygen atoms in total. The molecule has 2 aromatic carbocycles. The van der Waals surface area contributed by atoms with Crippen LogP contribution < -0.4 is 0 Å². The average molecular weight is 424 g/mol. The standard InChI is InChI=1S/C21H18F2N6O2/c22-16-6-5-15(12-17(16)23)29-20(24-25-26-29)13-27-7-9-28(10-8-27)21(30)19-11-14-3-1-2-4-18(14)31-19/h1-6,11-12H,7-10,13H2. The monoisotopic (exact) mass is 424 g/mol. The lowest BCUT2D eigenvalue weighted by Crippen LogP contribution is -2.48. The number of nitrogens with zero attached hydrogens (tertiary/aromatic N) is 6. The Morgan fingerprint density at radius 1 is 1.00 bits per heavy atom. The largest absolute Gasteiger partial charge is 0.451 e. The molecule has 0 bridgehead atoms. The third kappa shape index (κ3) is 3.77. The number of halogens is 2. The fourth-order valence-corrected chi connectivity index (χ4v) is 3.67. The van der Waals surface area contributed by atoms with Gasteiger partial charge in [-0.25, -0.2) is 8.78 Å². The summed E-state index contributed by atoms with van der Waals surface area (Å²) in [5, 5.41) is 12.5. The lowest BCUT2D eigenvalue weighted by molar-refractivity contribution is 0.0596. The van der Waals surface area contributed by atoms with Gasteiger partial charge < -0.3 is 9.32 Å². The maximum Gasteiger partial charge on any atom is 0.289 e. The first kappa shape index (κ1) is 19.3. The topological polar surface area (TPSA) is 80.3 Å². The number of fused-ring (bicyclic) bond motifs is 1. The van der Waals surface area contributed by atoms with E-state index in [1.807, 2.05) is 24.3 Å². The number of hydrogen-bond acceptors (Lipinski definition) is 6. The molecule has 0 radical (unpaired) electrons. The Morgan fingerprint density at radius 3 is 2.58 bits per heavy atom. The second-order valence-electron chi connectivity index (χ2n) is 7.32. The number of carbonyl (C=O) groups is 1. The smallest absolute Gasteiger partial charge is 0.289 e. The highest BCUT2D eigenvalue weighted by molar-refractivity contribution is 5.96. The van der Waals surface area contributed by atoms with Gasteiger partial charge in [-0.15, -0.1) is 5.10 Å². The van der Waals surface area contributed by atoms with Crippen LogP contribution in [0.15, 0.2) is 52.9 Å². The summed E-state index contributed by atoms with van der Waals surface area (Å²) < 4.78 is 33.9.